The fraction of sp³-hybridized carbons (Fsp3) is 0.227. The first kappa shape index (κ1) is 23.5. The number of para-hydroxylation sites is 2. The predicted octanol–water partition coefficient (Wildman–Crippen LogP) is 3.93. The highest BCUT2D eigenvalue weighted by molar-refractivity contribution is 7.99. The van der Waals surface area contributed by atoms with Crippen LogP contribution in [0.4, 0.5) is 5.13 Å². The predicted molar refractivity (Wildman–Crippen MR) is 130 cm³/mol. The average Bonchev–Trinajstić information content (AvgIpc) is 3.52. The molecule has 0 aliphatic rings. The van der Waals surface area contributed by atoms with Gasteiger partial charge in [-0.15, -0.1) is 16.4 Å². The standard InChI is InChI=1S/C22H22N6O4S2/c1-4-32-17-8-6-5-7-16(17)28-22(25-26-27-28)34-13-20(29)24-21-23-15(12-33-21)14-9-10-18(30-2)19(11-14)31-3/h5-12H,4,13H2,1-3H3,(H,23,24,29). The Morgan fingerprint density at radius 2 is 1.94 bits per heavy atom. The van der Waals surface area contributed by atoms with Gasteiger partial charge in [-0.2, -0.15) is 4.68 Å². The molecule has 10 nitrogen and oxygen atoms in total. The summed E-state index contributed by atoms with van der Waals surface area (Å²) >= 11 is 2.56. The van der Waals surface area contributed by atoms with Crippen molar-refractivity contribution in [1.82, 2.24) is 25.2 Å². The number of thioether (sulfide) groups is 1. The van der Waals surface area contributed by atoms with E-state index in [1.54, 1.807) is 18.9 Å². The second-order valence-electron chi connectivity index (χ2n) is 6.72. The minimum absolute atomic E-state index is 0.114. The molecular weight excluding hydrogens is 476 g/mol. The molecule has 0 aliphatic carbocycles. The van der Waals surface area contributed by atoms with E-state index >= 15 is 0 Å². The molecule has 2 aromatic carbocycles. The van der Waals surface area contributed by atoms with Gasteiger partial charge in [0.25, 0.3) is 0 Å². The van der Waals surface area contributed by atoms with Crippen molar-refractivity contribution in [3.05, 3.63) is 47.8 Å². The zero-order valence-corrected chi connectivity index (χ0v) is 20.4. The molecule has 0 saturated carbocycles. The van der Waals surface area contributed by atoms with E-state index < -0.39 is 0 Å². The number of benzene rings is 2. The summed E-state index contributed by atoms with van der Waals surface area (Å²) in [4.78, 5) is 17.1. The molecule has 0 radical (unpaired) electrons. The number of aromatic nitrogens is 5. The van der Waals surface area contributed by atoms with E-state index in [-0.39, 0.29) is 11.7 Å². The number of carbonyl (C=O) groups is 1. The van der Waals surface area contributed by atoms with Crippen molar-refractivity contribution < 1.29 is 19.0 Å². The normalized spacial score (nSPS) is 10.7. The molecule has 34 heavy (non-hydrogen) atoms. The van der Waals surface area contributed by atoms with Crippen LogP contribution in [-0.4, -0.2) is 57.7 Å². The maximum absolute atomic E-state index is 12.6. The number of thiazole rings is 1. The molecular formula is C22H22N6O4S2. The summed E-state index contributed by atoms with van der Waals surface area (Å²) in [5, 5.41) is 17.5. The third-order valence-corrected chi connectivity index (χ3v) is 6.27. The van der Waals surface area contributed by atoms with Gasteiger partial charge in [-0.3, -0.25) is 4.79 Å². The number of nitrogens with one attached hydrogen (secondary N) is 1. The fourth-order valence-electron chi connectivity index (χ4n) is 3.07. The van der Waals surface area contributed by atoms with E-state index in [2.05, 4.69) is 25.8 Å². The molecule has 4 aromatic rings. The smallest absolute Gasteiger partial charge is 0.236 e. The number of ether oxygens (including phenoxy) is 3. The molecule has 0 saturated heterocycles. The Balaban J connectivity index is 1.40. The first-order valence-electron chi connectivity index (χ1n) is 10.2. The highest BCUT2D eigenvalue weighted by Crippen LogP contribution is 2.33. The Kier molecular flexibility index (Phi) is 7.60. The SMILES string of the molecule is CCOc1ccccc1-n1nnnc1SCC(=O)Nc1nc(-c2ccc(OC)c(OC)c2)cs1. The molecule has 0 atom stereocenters. The minimum Gasteiger partial charge on any atom is -0.493 e. The monoisotopic (exact) mass is 498 g/mol. The number of tetrazole rings is 1. The largest absolute Gasteiger partial charge is 0.493 e. The number of rotatable bonds is 10. The van der Waals surface area contributed by atoms with Gasteiger partial charge < -0.3 is 19.5 Å². The van der Waals surface area contributed by atoms with E-state index in [4.69, 9.17) is 14.2 Å². The molecule has 0 aliphatic heterocycles. The minimum atomic E-state index is -0.217. The Bertz CT molecular complexity index is 1280. The Morgan fingerprint density at radius 1 is 1.12 bits per heavy atom. The molecule has 176 valence electrons. The number of methoxy groups -OCH3 is 2. The first-order valence-corrected chi connectivity index (χ1v) is 12.1. The fourth-order valence-corrected chi connectivity index (χ4v) is 4.49. The second-order valence-corrected chi connectivity index (χ2v) is 8.52. The average molecular weight is 499 g/mol. The van der Waals surface area contributed by atoms with Crippen LogP contribution < -0.4 is 19.5 Å². The summed E-state index contributed by atoms with van der Waals surface area (Å²) in [5.74, 6) is 1.81. The van der Waals surface area contributed by atoms with Crippen LogP contribution in [0.15, 0.2) is 53.0 Å². The molecule has 0 spiro atoms. The Hall–Kier alpha value is -3.64. The van der Waals surface area contributed by atoms with Crippen LogP contribution in [0.3, 0.4) is 0 Å². The summed E-state index contributed by atoms with van der Waals surface area (Å²) in [7, 11) is 3.17. The molecule has 0 fully saturated rings. The third kappa shape index (κ3) is 5.29. The van der Waals surface area contributed by atoms with Crippen LogP contribution in [-0.2, 0) is 4.79 Å². The van der Waals surface area contributed by atoms with Crippen LogP contribution >= 0.6 is 23.1 Å². The van der Waals surface area contributed by atoms with Gasteiger partial charge in [0.05, 0.1) is 32.3 Å². The van der Waals surface area contributed by atoms with Crippen molar-refractivity contribution in [2.45, 2.75) is 12.1 Å². The summed E-state index contributed by atoms with van der Waals surface area (Å²) in [5.41, 5.74) is 2.29. The van der Waals surface area contributed by atoms with Crippen molar-refractivity contribution in [2.24, 2.45) is 0 Å². The lowest BCUT2D eigenvalue weighted by Gasteiger charge is -2.10. The summed E-state index contributed by atoms with van der Waals surface area (Å²) in [6.45, 7) is 2.43. The van der Waals surface area contributed by atoms with Gasteiger partial charge in [-0.25, -0.2) is 4.98 Å². The quantitative estimate of drug-likeness (QED) is 0.325. The highest BCUT2D eigenvalue weighted by Gasteiger charge is 2.16. The molecule has 2 aromatic heterocycles. The molecule has 0 bridgehead atoms. The topological polar surface area (TPSA) is 113 Å². The number of nitrogens with zero attached hydrogens (tertiary/aromatic N) is 5. The van der Waals surface area contributed by atoms with Crippen LogP contribution in [0.2, 0.25) is 0 Å². The Morgan fingerprint density at radius 3 is 2.74 bits per heavy atom. The van der Waals surface area contributed by atoms with E-state index in [1.165, 1.54) is 23.1 Å². The zero-order chi connectivity index (χ0) is 23.9. The maximum atomic E-state index is 12.6. The van der Waals surface area contributed by atoms with E-state index in [0.717, 1.165) is 11.3 Å². The number of hydrogen-bond acceptors (Lipinski definition) is 10. The van der Waals surface area contributed by atoms with E-state index in [1.807, 2.05) is 54.8 Å². The van der Waals surface area contributed by atoms with Crippen molar-refractivity contribution in [1.29, 1.82) is 0 Å². The maximum Gasteiger partial charge on any atom is 0.236 e. The van der Waals surface area contributed by atoms with Crippen molar-refractivity contribution in [2.75, 3.05) is 31.9 Å². The van der Waals surface area contributed by atoms with Gasteiger partial charge in [-0.1, -0.05) is 23.9 Å². The van der Waals surface area contributed by atoms with Gasteiger partial charge >= 0.3 is 0 Å². The summed E-state index contributed by atoms with van der Waals surface area (Å²) < 4.78 is 17.8. The van der Waals surface area contributed by atoms with Crippen LogP contribution in [0.5, 0.6) is 17.2 Å². The number of amides is 1. The molecule has 1 N–H and O–H groups in total. The van der Waals surface area contributed by atoms with E-state index in [0.29, 0.717) is 39.8 Å². The summed E-state index contributed by atoms with van der Waals surface area (Å²) in [6, 6.07) is 13.0. The third-order valence-electron chi connectivity index (χ3n) is 4.60. The van der Waals surface area contributed by atoms with Crippen LogP contribution in [0.25, 0.3) is 16.9 Å². The first-order chi connectivity index (χ1) is 16.6. The van der Waals surface area contributed by atoms with Crippen LogP contribution in [0.1, 0.15) is 6.92 Å². The van der Waals surface area contributed by atoms with Crippen LogP contribution in [0, 0.1) is 0 Å². The molecule has 0 unspecified atom stereocenters. The molecule has 1 amide bonds. The highest BCUT2D eigenvalue weighted by atomic mass is 32.2. The lowest BCUT2D eigenvalue weighted by molar-refractivity contribution is -0.113. The van der Waals surface area contributed by atoms with Gasteiger partial charge in [-0.05, 0) is 47.7 Å². The lowest BCUT2D eigenvalue weighted by atomic mass is 10.1. The number of anilines is 1. The molecule has 12 heteroatoms. The Labute approximate surface area is 204 Å². The zero-order valence-electron chi connectivity index (χ0n) is 18.7. The van der Waals surface area contributed by atoms with Gasteiger partial charge in [0.1, 0.15) is 11.4 Å². The number of carbonyl (C=O) groups excluding carboxylic acids is 1. The van der Waals surface area contributed by atoms with Gasteiger partial charge in [0, 0.05) is 10.9 Å². The lowest BCUT2D eigenvalue weighted by Crippen LogP contribution is -2.14. The molecule has 4 rings (SSSR count). The van der Waals surface area contributed by atoms with Crippen molar-refractivity contribution in [3.8, 4) is 34.2 Å². The summed E-state index contributed by atoms with van der Waals surface area (Å²) in [6.07, 6.45) is 0. The van der Waals surface area contributed by atoms with Crippen molar-refractivity contribution >= 4 is 34.1 Å². The second kappa shape index (κ2) is 11.0. The molecule has 2 heterocycles. The van der Waals surface area contributed by atoms with Gasteiger partial charge in [0.15, 0.2) is 16.6 Å². The van der Waals surface area contributed by atoms with Crippen molar-refractivity contribution in [3.63, 3.8) is 0 Å². The van der Waals surface area contributed by atoms with E-state index in [9.17, 15) is 4.79 Å². The number of hydrogen-bond donors (Lipinski definition) is 1. The van der Waals surface area contributed by atoms with Gasteiger partial charge in [0.2, 0.25) is 11.1 Å².